The molecule has 0 amide bonds. The standard InChI is InChI=1S/C24H33N3O4S2/c28-23(19-25-18-22(24-9-6-16-32-24)26-12-14-31-15-13-26)20-7-5-8-21(17-20)33(29,30)27-10-3-1-2-4-11-27/h5-9,16-17,22,25H,1-4,10-15,18-19H2. The zero-order chi connectivity index (χ0) is 23.1. The summed E-state index contributed by atoms with van der Waals surface area (Å²) in [4.78, 5) is 16.8. The maximum Gasteiger partial charge on any atom is 0.243 e. The zero-order valence-corrected chi connectivity index (χ0v) is 20.6. The fourth-order valence-electron chi connectivity index (χ4n) is 4.47. The van der Waals surface area contributed by atoms with Gasteiger partial charge in [-0.25, -0.2) is 8.42 Å². The van der Waals surface area contributed by atoms with Gasteiger partial charge in [0, 0.05) is 43.2 Å². The van der Waals surface area contributed by atoms with Gasteiger partial charge in [-0.1, -0.05) is 31.0 Å². The molecule has 0 bridgehead atoms. The summed E-state index contributed by atoms with van der Waals surface area (Å²) >= 11 is 1.72. The second-order valence-electron chi connectivity index (χ2n) is 8.58. The third-order valence-electron chi connectivity index (χ3n) is 6.34. The van der Waals surface area contributed by atoms with Gasteiger partial charge in [0.15, 0.2) is 5.78 Å². The second kappa shape index (κ2) is 11.7. The quantitative estimate of drug-likeness (QED) is 0.543. The summed E-state index contributed by atoms with van der Waals surface area (Å²) in [6, 6.07) is 10.9. The van der Waals surface area contributed by atoms with Crippen molar-refractivity contribution in [2.45, 2.75) is 36.6 Å². The molecular formula is C24H33N3O4S2. The molecule has 3 heterocycles. The number of hydrogen-bond acceptors (Lipinski definition) is 7. The number of thiophene rings is 1. The number of morpholine rings is 1. The van der Waals surface area contributed by atoms with Gasteiger partial charge in [0.05, 0.1) is 30.7 Å². The molecule has 180 valence electrons. The smallest absolute Gasteiger partial charge is 0.243 e. The summed E-state index contributed by atoms with van der Waals surface area (Å²) in [5.74, 6) is -0.102. The predicted octanol–water partition coefficient (Wildman–Crippen LogP) is 3.16. The van der Waals surface area contributed by atoms with E-state index in [1.165, 1.54) is 10.9 Å². The molecule has 2 fully saturated rings. The average Bonchev–Trinajstić information content (AvgIpc) is 3.23. The summed E-state index contributed by atoms with van der Waals surface area (Å²) in [7, 11) is -3.58. The highest BCUT2D eigenvalue weighted by molar-refractivity contribution is 7.89. The van der Waals surface area contributed by atoms with Gasteiger partial charge in [-0.05, 0) is 36.4 Å². The molecule has 7 nitrogen and oxygen atoms in total. The number of carbonyl (C=O) groups is 1. The minimum Gasteiger partial charge on any atom is -0.379 e. The molecule has 2 saturated heterocycles. The lowest BCUT2D eigenvalue weighted by Crippen LogP contribution is -2.43. The molecule has 2 aromatic rings. The Labute approximate surface area is 200 Å². The van der Waals surface area contributed by atoms with Crippen molar-refractivity contribution >= 4 is 27.1 Å². The van der Waals surface area contributed by atoms with Gasteiger partial charge in [0.1, 0.15) is 0 Å². The molecule has 33 heavy (non-hydrogen) atoms. The van der Waals surface area contributed by atoms with Crippen molar-refractivity contribution in [3.63, 3.8) is 0 Å². The van der Waals surface area contributed by atoms with Gasteiger partial charge >= 0.3 is 0 Å². The van der Waals surface area contributed by atoms with Crippen molar-refractivity contribution in [2.75, 3.05) is 52.5 Å². The Balaban J connectivity index is 1.39. The van der Waals surface area contributed by atoms with Crippen molar-refractivity contribution < 1.29 is 17.9 Å². The van der Waals surface area contributed by atoms with E-state index in [-0.39, 0.29) is 23.3 Å². The van der Waals surface area contributed by atoms with Crippen LogP contribution in [0.1, 0.15) is 47.0 Å². The van der Waals surface area contributed by atoms with Gasteiger partial charge in [0.2, 0.25) is 10.0 Å². The molecule has 1 unspecified atom stereocenters. The first-order chi connectivity index (χ1) is 16.1. The van der Waals surface area contributed by atoms with Crippen LogP contribution in [0.25, 0.3) is 0 Å². The Hall–Kier alpha value is -1.62. The number of sulfonamides is 1. The van der Waals surface area contributed by atoms with Gasteiger partial charge in [-0.2, -0.15) is 4.31 Å². The van der Waals surface area contributed by atoms with Crippen LogP contribution in [-0.2, 0) is 14.8 Å². The van der Waals surface area contributed by atoms with E-state index in [0.29, 0.717) is 25.2 Å². The number of Topliss-reactive ketones (excluding diaryl/α,β-unsaturated/α-hetero) is 1. The Morgan fingerprint density at radius 2 is 1.79 bits per heavy atom. The maximum atomic E-state index is 13.1. The zero-order valence-electron chi connectivity index (χ0n) is 18.9. The fraction of sp³-hybridized carbons (Fsp3) is 0.542. The SMILES string of the molecule is O=C(CNCC(c1cccs1)N1CCOCC1)c1cccc(S(=O)(=O)N2CCCCCC2)c1. The van der Waals surface area contributed by atoms with Crippen LogP contribution in [0.4, 0.5) is 0 Å². The molecule has 1 aromatic carbocycles. The first kappa shape index (κ1) is 24.5. The first-order valence-electron chi connectivity index (χ1n) is 11.7. The van der Waals surface area contributed by atoms with Gasteiger partial charge < -0.3 is 10.1 Å². The lowest BCUT2D eigenvalue weighted by molar-refractivity contribution is 0.0169. The summed E-state index contributed by atoms with van der Waals surface area (Å²) in [5, 5.41) is 5.39. The fourth-order valence-corrected chi connectivity index (χ4v) is 6.89. The predicted molar refractivity (Wildman–Crippen MR) is 130 cm³/mol. The molecule has 2 aliphatic heterocycles. The normalized spacial score (nSPS) is 19.8. The first-order valence-corrected chi connectivity index (χ1v) is 14.1. The molecule has 4 rings (SSSR count). The topological polar surface area (TPSA) is 79.0 Å². The van der Waals surface area contributed by atoms with E-state index < -0.39 is 10.0 Å². The third kappa shape index (κ3) is 6.29. The highest BCUT2D eigenvalue weighted by Gasteiger charge is 2.26. The van der Waals surface area contributed by atoms with Crippen LogP contribution in [-0.4, -0.2) is 75.9 Å². The number of nitrogens with zero attached hydrogens (tertiary/aromatic N) is 2. The van der Waals surface area contributed by atoms with E-state index in [9.17, 15) is 13.2 Å². The van der Waals surface area contributed by atoms with Crippen LogP contribution in [0.3, 0.4) is 0 Å². The number of ether oxygens (including phenoxy) is 1. The summed E-state index contributed by atoms with van der Waals surface area (Å²) < 4.78 is 33.3. The number of ketones is 1. The van der Waals surface area contributed by atoms with Crippen LogP contribution in [0.15, 0.2) is 46.7 Å². The van der Waals surface area contributed by atoms with Crippen LogP contribution >= 0.6 is 11.3 Å². The molecule has 0 radical (unpaired) electrons. The lowest BCUT2D eigenvalue weighted by atomic mass is 10.1. The molecule has 1 aromatic heterocycles. The van der Waals surface area contributed by atoms with Crippen molar-refractivity contribution in [1.82, 2.24) is 14.5 Å². The molecule has 9 heteroatoms. The Morgan fingerprint density at radius 3 is 2.48 bits per heavy atom. The van der Waals surface area contributed by atoms with Crippen molar-refractivity contribution in [3.05, 3.63) is 52.2 Å². The maximum absolute atomic E-state index is 13.1. The van der Waals surface area contributed by atoms with Crippen molar-refractivity contribution in [3.8, 4) is 0 Å². The van der Waals surface area contributed by atoms with Crippen molar-refractivity contribution in [1.29, 1.82) is 0 Å². The van der Waals surface area contributed by atoms with E-state index >= 15 is 0 Å². The largest absolute Gasteiger partial charge is 0.379 e. The second-order valence-corrected chi connectivity index (χ2v) is 11.5. The minimum atomic E-state index is -3.58. The highest BCUT2D eigenvalue weighted by atomic mass is 32.2. The van der Waals surface area contributed by atoms with Crippen LogP contribution < -0.4 is 5.32 Å². The van der Waals surface area contributed by atoms with Crippen LogP contribution in [0.2, 0.25) is 0 Å². The van der Waals surface area contributed by atoms with Crippen molar-refractivity contribution in [2.24, 2.45) is 0 Å². The van der Waals surface area contributed by atoms with E-state index in [4.69, 9.17) is 4.74 Å². The third-order valence-corrected chi connectivity index (χ3v) is 9.21. The minimum absolute atomic E-state index is 0.102. The Bertz CT molecular complexity index is 996. The van der Waals surface area contributed by atoms with Crippen LogP contribution in [0, 0.1) is 0 Å². The number of nitrogens with one attached hydrogen (secondary N) is 1. The average molecular weight is 492 g/mol. The number of hydrogen-bond donors (Lipinski definition) is 1. The van der Waals surface area contributed by atoms with E-state index in [1.807, 2.05) is 0 Å². The number of rotatable bonds is 9. The summed E-state index contributed by atoms with van der Waals surface area (Å²) in [6.45, 7) is 5.10. The van der Waals surface area contributed by atoms with E-state index in [2.05, 4.69) is 27.7 Å². The number of carbonyl (C=O) groups excluding carboxylic acids is 1. The molecular weight excluding hydrogens is 458 g/mol. The molecule has 0 saturated carbocycles. The number of benzene rings is 1. The summed E-state index contributed by atoms with van der Waals surface area (Å²) in [5.41, 5.74) is 0.428. The summed E-state index contributed by atoms with van der Waals surface area (Å²) in [6.07, 6.45) is 3.90. The van der Waals surface area contributed by atoms with Gasteiger partial charge in [-0.3, -0.25) is 9.69 Å². The molecule has 0 spiro atoms. The van der Waals surface area contributed by atoms with Crippen LogP contribution in [0.5, 0.6) is 0 Å². The molecule has 0 aliphatic carbocycles. The van der Waals surface area contributed by atoms with Gasteiger partial charge in [-0.15, -0.1) is 11.3 Å². The highest BCUT2D eigenvalue weighted by Crippen LogP contribution is 2.25. The molecule has 1 N–H and O–H groups in total. The Kier molecular flexibility index (Phi) is 8.67. The lowest BCUT2D eigenvalue weighted by Gasteiger charge is -2.34. The van der Waals surface area contributed by atoms with E-state index in [1.54, 1.807) is 33.8 Å². The van der Waals surface area contributed by atoms with Gasteiger partial charge in [0.25, 0.3) is 0 Å². The van der Waals surface area contributed by atoms with E-state index in [0.717, 1.165) is 52.0 Å². The molecule has 2 aliphatic rings. The monoisotopic (exact) mass is 491 g/mol. The Morgan fingerprint density at radius 1 is 1.03 bits per heavy atom. The molecule has 1 atom stereocenters.